The molecule has 0 spiro atoms. The van der Waals surface area contributed by atoms with Gasteiger partial charge in [-0.3, -0.25) is 9.59 Å². The first-order valence-electron chi connectivity index (χ1n) is 9.48. The third kappa shape index (κ3) is 6.32. The molecular weight excluding hydrogens is 468 g/mol. The first-order valence-corrected chi connectivity index (χ1v) is 9.48. The number of esters is 2. The summed E-state index contributed by atoms with van der Waals surface area (Å²) in [6, 6.07) is 12.8. The quantitative estimate of drug-likeness (QED) is 0.299. The van der Waals surface area contributed by atoms with E-state index in [0.717, 1.165) is 10.8 Å². The first kappa shape index (κ1) is 26.3. The van der Waals surface area contributed by atoms with Crippen molar-refractivity contribution < 1.29 is 54.2 Å². The Morgan fingerprint density at radius 1 is 0.818 bits per heavy atom. The average molecular weight is 486 g/mol. The summed E-state index contributed by atoms with van der Waals surface area (Å²) in [6.45, 7) is -2.61. The molecule has 0 aliphatic carbocycles. The van der Waals surface area contributed by atoms with Crippen molar-refractivity contribution in [3.8, 4) is 0 Å². The zero-order chi connectivity index (χ0) is 24.9. The van der Waals surface area contributed by atoms with Crippen molar-refractivity contribution in [3.63, 3.8) is 0 Å². The summed E-state index contributed by atoms with van der Waals surface area (Å²) < 4.78 is 111. The van der Waals surface area contributed by atoms with E-state index in [1.165, 1.54) is 0 Å². The summed E-state index contributed by atoms with van der Waals surface area (Å²) in [5, 5.41) is 1.90. The van der Waals surface area contributed by atoms with Crippen molar-refractivity contribution in [2.45, 2.75) is 50.1 Å². The van der Waals surface area contributed by atoms with Gasteiger partial charge in [-0.2, -0.15) is 26.3 Å². The van der Waals surface area contributed by atoms with Crippen LogP contribution in [0.1, 0.15) is 24.8 Å². The molecule has 0 saturated heterocycles. The lowest BCUT2D eigenvalue weighted by molar-refractivity contribution is -0.344. The van der Waals surface area contributed by atoms with Crippen molar-refractivity contribution in [3.05, 3.63) is 48.0 Å². The van der Waals surface area contributed by atoms with Crippen LogP contribution in [0.15, 0.2) is 42.5 Å². The second-order valence-corrected chi connectivity index (χ2v) is 7.06. The van der Waals surface area contributed by atoms with Gasteiger partial charge in [0.15, 0.2) is 6.61 Å². The van der Waals surface area contributed by atoms with E-state index in [9.17, 15) is 44.7 Å². The number of rotatable bonds is 11. The Bertz CT molecular complexity index is 978. The molecule has 12 heteroatoms. The van der Waals surface area contributed by atoms with Gasteiger partial charge in [0.05, 0.1) is 0 Å². The molecule has 0 saturated carbocycles. The minimum Gasteiger partial charge on any atom is -0.461 e. The highest BCUT2D eigenvalue weighted by Gasteiger charge is 2.75. The van der Waals surface area contributed by atoms with Crippen LogP contribution in [0, 0.1) is 0 Å². The summed E-state index contributed by atoms with van der Waals surface area (Å²) in [6.07, 6.45) is -6.38. The van der Waals surface area contributed by atoms with Crippen LogP contribution in [-0.4, -0.2) is 42.7 Å². The van der Waals surface area contributed by atoms with Crippen LogP contribution in [0.5, 0.6) is 0 Å². The van der Waals surface area contributed by atoms with Gasteiger partial charge in [0.25, 0.3) is 0 Å². The monoisotopic (exact) mass is 486 g/mol. The van der Waals surface area contributed by atoms with Crippen molar-refractivity contribution in [2.24, 2.45) is 0 Å². The maximum Gasteiger partial charge on any atom is 0.381 e. The molecule has 0 fully saturated rings. The van der Waals surface area contributed by atoms with E-state index in [-0.39, 0.29) is 19.4 Å². The smallest absolute Gasteiger partial charge is 0.381 e. The second kappa shape index (κ2) is 10.3. The molecule has 4 nitrogen and oxygen atoms in total. The fraction of sp³-hybridized carbons (Fsp3) is 0.429. The number of benzene rings is 2. The number of ether oxygens (including phenoxy) is 2. The predicted molar refractivity (Wildman–Crippen MR) is 99.4 cm³/mol. The largest absolute Gasteiger partial charge is 0.461 e. The number of carbonyl (C=O) groups is 2. The van der Waals surface area contributed by atoms with Crippen LogP contribution < -0.4 is 0 Å². The molecule has 2 aromatic rings. The van der Waals surface area contributed by atoms with E-state index in [0.29, 0.717) is 5.56 Å². The van der Waals surface area contributed by atoms with Crippen molar-refractivity contribution in [1.82, 2.24) is 0 Å². The van der Waals surface area contributed by atoms with Crippen LogP contribution in [0.25, 0.3) is 10.8 Å². The minimum absolute atomic E-state index is 0.0756. The van der Waals surface area contributed by atoms with Crippen LogP contribution in [0.2, 0.25) is 0 Å². The zero-order valence-corrected chi connectivity index (χ0v) is 16.8. The van der Waals surface area contributed by atoms with Gasteiger partial charge in [0.2, 0.25) is 0 Å². The summed E-state index contributed by atoms with van der Waals surface area (Å²) in [4.78, 5) is 23.1. The molecule has 0 aliphatic heterocycles. The fourth-order valence-electron chi connectivity index (χ4n) is 2.66. The highest BCUT2D eigenvalue weighted by atomic mass is 19.4. The number of fused-ring (bicyclic) bond motifs is 1. The van der Waals surface area contributed by atoms with Gasteiger partial charge in [-0.25, -0.2) is 8.78 Å². The van der Waals surface area contributed by atoms with E-state index in [2.05, 4.69) is 4.74 Å². The maximum absolute atomic E-state index is 13.3. The summed E-state index contributed by atoms with van der Waals surface area (Å²) in [5.74, 6) is -20.8. The number of hydrogen-bond acceptors (Lipinski definition) is 4. The average Bonchev–Trinajstić information content (AvgIpc) is 2.75. The lowest BCUT2D eigenvalue weighted by Gasteiger charge is -2.31. The molecule has 0 aromatic heterocycles. The van der Waals surface area contributed by atoms with Gasteiger partial charge in [-0.05, 0) is 28.8 Å². The van der Waals surface area contributed by atoms with Gasteiger partial charge < -0.3 is 9.47 Å². The Morgan fingerprint density at radius 3 is 2.00 bits per heavy atom. The molecule has 2 aromatic carbocycles. The van der Waals surface area contributed by atoms with Crippen LogP contribution >= 0.6 is 0 Å². The molecule has 182 valence electrons. The van der Waals surface area contributed by atoms with Crippen LogP contribution in [-0.2, 0) is 25.7 Å². The van der Waals surface area contributed by atoms with E-state index in [1.807, 2.05) is 30.3 Å². The molecule has 0 unspecified atom stereocenters. The second-order valence-electron chi connectivity index (χ2n) is 7.06. The van der Waals surface area contributed by atoms with Gasteiger partial charge in [0.1, 0.15) is 6.61 Å². The van der Waals surface area contributed by atoms with Gasteiger partial charge in [-0.15, -0.1) is 0 Å². The molecule has 0 heterocycles. The Morgan fingerprint density at radius 2 is 1.39 bits per heavy atom. The number of carbonyl (C=O) groups excluding carboxylic acids is 2. The Labute approximate surface area is 182 Å². The van der Waals surface area contributed by atoms with Gasteiger partial charge >= 0.3 is 36.1 Å². The standard InChI is InChI=1S/C21H18F8O4/c22-18(23)20(26,27)21(28,29)19(24,25)12-33-17(31)7-3-6-16(30)32-11-13-8-9-14-4-1-2-5-15(14)10-13/h1-2,4-5,8-10,18H,3,6-7,11-12H2. The van der Waals surface area contributed by atoms with Gasteiger partial charge in [0, 0.05) is 12.8 Å². The third-order valence-electron chi connectivity index (χ3n) is 4.54. The molecule has 2 rings (SSSR count). The molecular formula is C21H18F8O4. The lowest BCUT2D eigenvalue weighted by atomic mass is 10.1. The summed E-state index contributed by atoms with van der Waals surface area (Å²) in [5.41, 5.74) is 0.685. The summed E-state index contributed by atoms with van der Waals surface area (Å²) >= 11 is 0. The van der Waals surface area contributed by atoms with Crippen molar-refractivity contribution in [2.75, 3.05) is 6.61 Å². The predicted octanol–water partition coefficient (Wildman–Crippen LogP) is 5.77. The SMILES string of the molecule is O=C(CCCC(=O)OCC(F)(F)C(F)(F)C(F)(F)C(F)F)OCc1ccc2ccccc2c1. The number of hydrogen-bond donors (Lipinski definition) is 0. The maximum atomic E-state index is 13.3. The highest BCUT2D eigenvalue weighted by Crippen LogP contribution is 2.48. The Kier molecular flexibility index (Phi) is 8.25. The molecule has 0 N–H and O–H groups in total. The molecule has 0 aliphatic rings. The van der Waals surface area contributed by atoms with Crippen molar-refractivity contribution >= 4 is 22.7 Å². The van der Waals surface area contributed by atoms with E-state index in [1.54, 1.807) is 12.1 Å². The number of alkyl halides is 8. The first-order chi connectivity index (χ1) is 15.3. The van der Waals surface area contributed by atoms with E-state index in [4.69, 9.17) is 4.74 Å². The number of halogens is 8. The highest BCUT2D eigenvalue weighted by molar-refractivity contribution is 5.83. The van der Waals surface area contributed by atoms with E-state index >= 15 is 0 Å². The van der Waals surface area contributed by atoms with Crippen LogP contribution in [0.3, 0.4) is 0 Å². The minimum atomic E-state index is -6.46. The van der Waals surface area contributed by atoms with E-state index < -0.39 is 49.2 Å². The molecule has 0 radical (unpaired) electrons. The van der Waals surface area contributed by atoms with Crippen molar-refractivity contribution in [1.29, 1.82) is 0 Å². The molecule has 0 amide bonds. The van der Waals surface area contributed by atoms with Crippen LogP contribution in [0.4, 0.5) is 35.1 Å². The topological polar surface area (TPSA) is 52.6 Å². The Hall–Kier alpha value is -2.92. The Balaban J connectivity index is 1.75. The third-order valence-corrected chi connectivity index (χ3v) is 4.54. The lowest BCUT2D eigenvalue weighted by Crippen LogP contribution is -2.59. The zero-order valence-electron chi connectivity index (χ0n) is 16.8. The molecule has 33 heavy (non-hydrogen) atoms. The normalized spacial score (nSPS) is 12.8. The summed E-state index contributed by atoms with van der Waals surface area (Å²) in [7, 11) is 0. The molecule has 0 bridgehead atoms. The van der Waals surface area contributed by atoms with Gasteiger partial charge in [-0.1, -0.05) is 36.4 Å². The molecule has 0 atom stereocenters. The fourth-order valence-corrected chi connectivity index (χ4v) is 2.66.